The van der Waals surface area contributed by atoms with Gasteiger partial charge in [-0.3, -0.25) is 4.79 Å². The molecule has 0 bridgehead atoms. The highest BCUT2D eigenvalue weighted by Crippen LogP contribution is 2.33. The number of aromatic nitrogens is 1. The minimum Gasteiger partial charge on any atom is -0.497 e. The van der Waals surface area contributed by atoms with E-state index in [4.69, 9.17) is 4.74 Å². The van der Waals surface area contributed by atoms with Crippen LogP contribution in [0.1, 0.15) is 31.5 Å². The van der Waals surface area contributed by atoms with E-state index in [1.165, 1.54) is 0 Å². The monoisotopic (exact) mass is 257 g/mol. The molecule has 3 rings (SSSR count). The third kappa shape index (κ3) is 2.03. The van der Waals surface area contributed by atoms with Gasteiger partial charge in [0.25, 0.3) is 0 Å². The second-order valence-electron chi connectivity index (χ2n) is 6.16. The predicted molar refractivity (Wildman–Crippen MR) is 76.9 cm³/mol. The van der Waals surface area contributed by atoms with E-state index in [9.17, 15) is 4.79 Å². The summed E-state index contributed by atoms with van der Waals surface area (Å²) in [7, 11) is 1.64. The standard InChI is InChI=1S/C16H19NO2/c1-16(2)7-6-13-12(9-16)15(18)11-5-4-10(19-3)8-14(11)17-13/h4-5,8H,6-7,9H2,1-3H3,(H,17,18). The lowest BCUT2D eigenvalue weighted by Gasteiger charge is -2.30. The lowest BCUT2D eigenvalue weighted by molar-refractivity contribution is 0.312. The van der Waals surface area contributed by atoms with E-state index in [0.29, 0.717) is 0 Å². The van der Waals surface area contributed by atoms with E-state index >= 15 is 0 Å². The van der Waals surface area contributed by atoms with Gasteiger partial charge in [0, 0.05) is 22.7 Å². The van der Waals surface area contributed by atoms with Crippen LogP contribution in [0.2, 0.25) is 0 Å². The number of fused-ring (bicyclic) bond motifs is 2. The smallest absolute Gasteiger partial charge is 0.192 e. The van der Waals surface area contributed by atoms with Gasteiger partial charge in [-0.2, -0.15) is 0 Å². The van der Waals surface area contributed by atoms with Crippen LogP contribution in [-0.2, 0) is 12.8 Å². The van der Waals surface area contributed by atoms with Crippen molar-refractivity contribution in [3.8, 4) is 5.75 Å². The first kappa shape index (κ1) is 12.3. The summed E-state index contributed by atoms with van der Waals surface area (Å²) in [5.74, 6) is 0.777. The van der Waals surface area contributed by atoms with Gasteiger partial charge in [0.15, 0.2) is 5.43 Å². The molecule has 0 unspecified atom stereocenters. The molecule has 1 aliphatic rings. The molecule has 0 fully saturated rings. The summed E-state index contributed by atoms with van der Waals surface area (Å²) in [4.78, 5) is 16.0. The van der Waals surface area contributed by atoms with Crippen LogP contribution in [0, 0.1) is 5.41 Å². The Morgan fingerprint density at radius 3 is 2.84 bits per heavy atom. The number of hydrogen-bond donors (Lipinski definition) is 1. The number of aryl methyl sites for hydroxylation is 1. The molecule has 2 aromatic rings. The van der Waals surface area contributed by atoms with Crippen LogP contribution >= 0.6 is 0 Å². The summed E-state index contributed by atoms with van der Waals surface area (Å²) in [6.45, 7) is 4.46. The summed E-state index contributed by atoms with van der Waals surface area (Å²) < 4.78 is 5.22. The first-order chi connectivity index (χ1) is 9.00. The molecule has 3 nitrogen and oxygen atoms in total. The Balaban J connectivity index is 2.25. The van der Waals surface area contributed by atoms with Crippen LogP contribution in [0.3, 0.4) is 0 Å². The fraction of sp³-hybridized carbons (Fsp3) is 0.438. The zero-order valence-corrected chi connectivity index (χ0v) is 11.7. The normalized spacial score (nSPS) is 17.2. The van der Waals surface area contributed by atoms with Gasteiger partial charge in [-0.1, -0.05) is 13.8 Å². The third-order valence-electron chi connectivity index (χ3n) is 4.10. The molecular formula is C16H19NO2. The van der Waals surface area contributed by atoms with Crippen LogP contribution in [0.15, 0.2) is 23.0 Å². The third-order valence-corrected chi connectivity index (χ3v) is 4.10. The van der Waals surface area contributed by atoms with Crippen molar-refractivity contribution in [3.63, 3.8) is 0 Å². The fourth-order valence-electron chi connectivity index (χ4n) is 2.92. The highest BCUT2D eigenvalue weighted by Gasteiger charge is 2.28. The number of rotatable bonds is 1. The van der Waals surface area contributed by atoms with Crippen LogP contribution in [0.4, 0.5) is 0 Å². The Bertz CT molecular complexity index is 698. The van der Waals surface area contributed by atoms with E-state index in [0.717, 1.165) is 47.2 Å². The Kier molecular flexibility index (Phi) is 2.66. The number of aromatic amines is 1. The lowest BCUT2D eigenvalue weighted by Crippen LogP contribution is -2.28. The molecule has 1 aromatic carbocycles. The molecule has 3 heteroatoms. The minimum absolute atomic E-state index is 0.180. The quantitative estimate of drug-likeness (QED) is 0.853. The second kappa shape index (κ2) is 4.12. The molecule has 0 atom stereocenters. The molecule has 0 spiro atoms. The maximum Gasteiger partial charge on any atom is 0.192 e. The van der Waals surface area contributed by atoms with Crippen LogP contribution in [0.5, 0.6) is 5.75 Å². The van der Waals surface area contributed by atoms with Crippen molar-refractivity contribution in [1.82, 2.24) is 4.98 Å². The molecule has 0 saturated carbocycles. The number of methoxy groups -OCH3 is 1. The van der Waals surface area contributed by atoms with Crippen molar-refractivity contribution in [2.75, 3.05) is 7.11 Å². The molecule has 1 heterocycles. The van der Waals surface area contributed by atoms with Crippen molar-refractivity contribution in [2.24, 2.45) is 5.41 Å². The number of ether oxygens (including phenoxy) is 1. The van der Waals surface area contributed by atoms with Gasteiger partial charge in [-0.25, -0.2) is 0 Å². The largest absolute Gasteiger partial charge is 0.497 e. The van der Waals surface area contributed by atoms with Gasteiger partial charge in [0.2, 0.25) is 0 Å². The number of H-pyrrole nitrogens is 1. The molecule has 0 amide bonds. The maximum atomic E-state index is 12.6. The van der Waals surface area contributed by atoms with Crippen molar-refractivity contribution in [1.29, 1.82) is 0 Å². The highest BCUT2D eigenvalue weighted by molar-refractivity contribution is 5.81. The highest BCUT2D eigenvalue weighted by atomic mass is 16.5. The van der Waals surface area contributed by atoms with E-state index in [1.807, 2.05) is 18.2 Å². The van der Waals surface area contributed by atoms with E-state index < -0.39 is 0 Å². The summed E-state index contributed by atoms with van der Waals surface area (Å²) >= 11 is 0. The average Bonchev–Trinajstić information content (AvgIpc) is 2.39. The minimum atomic E-state index is 0.180. The summed E-state index contributed by atoms with van der Waals surface area (Å²) in [6.07, 6.45) is 2.93. The molecule has 100 valence electrons. The van der Waals surface area contributed by atoms with Gasteiger partial charge in [-0.05, 0) is 36.8 Å². The predicted octanol–water partition coefficient (Wildman–Crippen LogP) is 3.05. The molecule has 0 radical (unpaired) electrons. The van der Waals surface area contributed by atoms with Gasteiger partial charge >= 0.3 is 0 Å². The molecule has 1 aromatic heterocycles. The van der Waals surface area contributed by atoms with Gasteiger partial charge < -0.3 is 9.72 Å². The van der Waals surface area contributed by atoms with Crippen molar-refractivity contribution in [3.05, 3.63) is 39.7 Å². The summed E-state index contributed by atoms with van der Waals surface area (Å²) in [5.41, 5.74) is 3.35. The number of nitrogens with one attached hydrogen (secondary N) is 1. The molecular weight excluding hydrogens is 238 g/mol. The maximum absolute atomic E-state index is 12.6. The first-order valence-corrected chi connectivity index (χ1v) is 6.72. The van der Waals surface area contributed by atoms with Crippen molar-refractivity contribution in [2.45, 2.75) is 33.1 Å². The molecule has 0 aliphatic heterocycles. The Morgan fingerprint density at radius 1 is 1.32 bits per heavy atom. The van der Waals surface area contributed by atoms with Crippen LogP contribution in [0.25, 0.3) is 10.9 Å². The molecule has 0 saturated heterocycles. The van der Waals surface area contributed by atoms with Crippen molar-refractivity contribution >= 4 is 10.9 Å². The molecule has 1 aliphatic carbocycles. The average molecular weight is 257 g/mol. The lowest BCUT2D eigenvalue weighted by atomic mass is 9.75. The Hall–Kier alpha value is -1.77. The van der Waals surface area contributed by atoms with E-state index in [2.05, 4.69) is 18.8 Å². The zero-order valence-electron chi connectivity index (χ0n) is 11.7. The number of benzene rings is 1. The van der Waals surface area contributed by atoms with Crippen molar-refractivity contribution < 1.29 is 4.74 Å². The number of pyridine rings is 1. The van der Waals surface area contributed by atoms with Gasteiger partial charge in [0.05, 0.1) is 12.6 Å². The topological polar surface area (TPSA) is 42.1 Å². The van der Waals surface area contributed by atoms with Gasteiger partial charge in [0.1, 0.15) is 5.75 Å². The zero-order chi connectivity index (χ0) is 13.6. The van der Waals surface area contributed by atoms with E-state index in [-0.39, 0.29) is 10.8 Å². The number of hydrogen-bond acceptors (Lipinski definition) is 2. The summed E-state index contributed by atoms with van der Waals surface area (Å²) in [6, 6.07) is 5.60. The Labute approximate surface area is 112 Å². The van der Waals surface area contributed by atoms with Crippen LogP contribution < -0.4 is 10.2 Å². The fourth-order valence-corrected chi connectivity index (χ4v) is 2.92. The Morgan fingerprint density at radius 2 is 2.11 bits per heavy atom. The first-order valence-electron chi connectivity index (χ1n) is 6.72. The van der Waals surface area contributed by atoms with Gasteiger partial charge in [-0.15, -0.1) is 0 Å². The van der Waals surface area contributed by atoms with Crippen LogP contribution in [-0.4, -0.2) is 12.1 Å². The second-order valence-corrected chi connectivity index (χ2v) is 6.16. The molecule has 1 N–H and O–H groups in total. The summed E-state index contributed by atoms with van der Waals surface area (Å²) in [5, 5.41) is 0.761. The molecule has 19 heavy (non-hydrogen) atoms. The van der Waals surface area contributed by atoms with E-state index in [1.54, 1.807) is 7.11 Å². The SMILES string of the molecule is COc1ccc2c(=O)c3c([nH]c2c1)CCC(C)(C)C3.